The molecule has 3 aliphatic rings. The molecular formula is C22H27N3O3. The molecule has 28 heavy (non-hydrogen) atoms. The summed E-state index contributed by atoms with van der Waals surface area (Å²) in [5, 5.41) is 4.75. The quantitative estimate of drug-likeness (QED) is 0.799. The first-order valence-electron chi connectivity index (χ1n) is 10.2. The zero-order valence-corrected chi connectivity index (χ0v) is 16.8. The maximum absolute atomic E-state index is 13.4. The fourth-order valence-corrected chi connectivity index (χ4v) is 4.33. The van der Waals surface area contributed by atoms with Crippen LogP contribution < -0.4 is 9.47 Å². The van der Waals surface area contributed by atoms with Crippen LogP contribution in [0.25, 0.3) is 0 Å². The molecule has 0 N–H and O–H groups in total. The average Bonchev–Trinajstić information content (AvgIpc) is 3.10. The number of likely N-dealkylation sites (tertiary alicyclic amines) is 1. The maximum atomic E-state index is 13.4. The molecule has 0 bridgehead atoms. The molecule has 1 amide bonds. The van der Waals surface area contributed by atoms with Gasteiger partial charge in [-0.15, -0.1) is 0 Å². The summed E-state index contributed by atoms with van der Waals surface area (Å²) in [5.74, 6) is 2.13. The third-order valence-electron chi connectivity index (χ3n) is 5.88. The Morgan fingerprint density at radius 1 is 1.11 bits per heavy atom. The van der Waals surface area contributed by atoms with Crippen LogP contribution in [-0.4, -0.2) is 33.9 Å². The number of aromatic nitrogens is 2. The summed E-state index contributed by atoms with van der Waals surface area (Å²) in [5.41, 5.74) is 2.75. The lowest BCUT2D eigenvalue weighted by Crippen LogP contribution is -2.31. The largest absolute Gasteiger partial charge is 0.454 e. The van der Waals surface area contributed by atoms with E-state index < -0.39 is 0 Å². The van der Waals surface area contributed by atoms with Crippen LogP contribution in [0.15, 0.2) is 24.3 Å². The zero-order valence-electron chi connectivity index (χ0n) is 16.8. The van der Waals surface area contributed by atoms with Crippen LogP contribution in [0.2, 0.25) is 0 Å². The fourth-order valence-electron chi connectivity index (χ4n) is 4.33. The van der Waals surface area contributed by atoms with Gasteiger partial charge in [0.05, 0.1) is 11.6 Å². The molecule has 0 radical (unpaired) electrons. The molecule has 0 spiro atoms. The van der Waals surface area contributed by atoms with Gasteiger partial charge in [0.1, 0.15) is 0 Å². The van der Waals surface area contributed by atoms with E-state index in [1.54, 1.807) is 0 Å². The Morgan fingerprint density at radius 3 is 2.64 bits per heavy atom. The van der Waals surface area contributed by atoms with Crippen LogP contribution in [0, 0.1) is 0 Å². The maximum Gasteiger partial charge on any atom is 0.274 e. The normalized spacial score (nSPS) is 21.4. The van der Waals surface area contributed by atoms with Gasteiger partial charge in [0, 0.05) is 18.2 Å². The van der Waals surface area contributed by atoms with E-state index in [1.807, 2.05) is 29.2 Å². The topological polar surface area (TPSA) is 56.6 Å². The molecule has 2 aliphatic heterocycles. The SMILES string of the molecule is CC(C)(C)n1nc(C(=O)N2CCC[C@@H]2c2ccc3c(c2)OCO3)cc1C1CC1. The minimum atomic E-state index is -0.127. The van der Waals surface area contributed by atoms with E-state index in [0.717, 1.165) is 36.4 Å². The van der Waals surface area contributed by atoms with Crippen molar-refractivity contribution in [1.29, 1.82) is 0 Å². The highest BCUT2D eigenvalue weighted by molar-refractivity contribution is 5.93. The number of ether oxygens (including phenoxy) is 2. The summed E-state index contributed by atoms with van der Waals surface area (Å²) < 4.78 is 13.0. The van der Waals surface area contributed by atoms with Gasteiger partial charge in [0.2, 0.25) is 6.79 Å². The Hall–Kier alpha value is -2.50. The first kappa shape index (κ1) is 17.6. The molecule has 0 unspecified atom stereocenters. The van der Waals surface area contributed by atoms with Crippen LogP contribution in [0.3, 0.4) is 0 Å². The summed E-state index contributed by atoms with van der Waals surface area (Å²) in [6.45, 7) is 7.46. The predicted octanol–water partition coefficient (Wildman–Crippen LogP) is 4.22. The van der Waals surface area contributed by atoms with Crippen LogP contribution in [0.4, 0.5) is 0 Å². The summed E-state index contributed by atoms with van der Waals surface area (Å²) in [4.78, 5) is 15.4. The lowest BCUT2D eigenvalue weighted by Gasteiger charge is -2.25. The summed E-state index contributed by atoms with van der Waals surface area (Å²) in [7, 11) is 0. The van der Waals surface area contributed by atoms with Crippen molar-refractivity contribution in [3.05, 3.63) is 41.2 Å². The first-order chi connectivity index (χ1) is 13.4. The molecule has 2 aromatic rings. The van der Waals surface area contributed by atoms with E-state index in [-0.39, 0.29) is 24.3 Å². The van der Waals surface area contributed by atoms with Gasteiger partial charge in [-0.05, 0) is 70.2 Å². The number of rotatable bonds is 3. The molecule has 3 heterocycles. The van der Waals surface area contributed by atoms with Gasteiger partial charge in [-0.2, -0.15) is 5.10 Å². The minimum absolute atomic E-state index is 0.0325. The molecule has 1 atom stereocenters. The highest BCUT2D eigenvalue weighted by atomic mass is 16.7. The van der Waals surface area contributed by atoms with Crippen LogP contribution >= 0.6 is 0 Å². The summed E-state index contributed by atoms with van der Waals surface area (Å²) in [6.07, 6.45) is 4.35. The predicted molar refractivity (Wildman–Crippen MR) is 105 cm³/mol. The number of hydrogen-bond acceptors (Lipinski definition) is 4. The highest BCUT2D eigenvalue weighted by Gasteiger charge is 2.36. The molecule has 1 aromatic carbocycles. The number of carbonyl (C=O) groups is 1. The minimum Gasteiger partial charge on any atom is -0.454 e. The molecule has 1 saturated heterocycles. The van der Waals surface area contributed by atoms with Crippen molar-refractivity contribution in [2.75, 3.05) is 13.3 Å². The number of fused-ring (bicyclic) bond motifs is 1. The van der Waals surface area contributed by atoms with E-state index in [9.17, 15) is 4.79 Å². The fraction of sp³-hybridized carbons (Fsp3) is 0.545. The lowest BCUT2D eigenvalue weighted by molar-refractivity contribution is 0.0727. The molecular weight excluding hydrogens is 354 g/mol. The standard InChI is InChI=1S/C22H27N3O3/c1-22(2,3)25-18(14-6-7-14)12-16(23-25)21(26)24-10-4-5-17(24)15-8-9-19-20(11-15)28-13-27-19/h8-9,11-12,14,17H,4-7,10,13H2,1-3H3/t17-/m1/s1. The molecule has 5 rings (SSSR count). The second kappa shape index (κ2) is 6.26. The Bertz CT molecular complexity index is 924. The van der Waals surface area contributed by atoms with Gasteiger partial charge in [-0.25, -0.2) is 0 Å². The van der Waals surface area contributed by atoms with Crippen molar-refractivity contribution >= 4 is 5.91 Å². The molecule has 1 saturated carbocycles. The Labute approximate surface area is 165 Å². The Morgan fingerprint density at radius 2 is 1.89 bits per heavy atom. The molecule has 6 nitrogen and oxygen atoms in total. The van der Waals surface area contributed by atoms with Crippen molar-refractivity contribution in [2.24, 2.45) is 0 Å². The van der Waals surface area contributed by atoms with Gasteiger partial charge in [0.25, 0.3) is 5.91 Å². The van der Waals surface area contributed by atoms with Crippen LogP contribution in [0.1, 0.15) is 80.2 Å². The zero-order chi connectivity index (χ0) is 19.5. The van der Waals surface area contributed by atoms with E-state index in [1.165, 1.54) is 18.5 Å². The lowest BCUT2D eigenvalue weighted by atomic mass is 10.0. The van der Waals surface area contributed by atoms with E-state index in [4.69, 9.17) is 14.6 Å². The summed E-state index contributed by atoms with van der Waals surface area (Å²) in [6, 6.07) is 8.10. The number of carbonyl (C=O) groups excluding carboxylic acids is 1. The molecule has 6 heteroatoms. The van der Waals surface area contributed by atoms with E-state index in [2.05, 4.69) is 25.5 Å². The number of benzene rings is 1. The molecule has 2 fully saturated rings. The van der Waals surface area contributed by atoms with Gasteiger partial charge in [-0.3, -0.25) is 9.48 Å². The van der Waals surface area contributed by atoms with Gasteiger partial charge < -0.3 is 14.4 Å². The Balaban J connectivity index is 1.44. The van der Waals surface area contributed by atoms with Gasteiger partial charge >= 0.3 is 0 Å². The molecule has 1 aliphatic carbocycles. The second-order valence-corrected chi connectivity index (χ2v) is 9.08. The van der Waals surface area contributed by atoms with Crippen molar-refractivity contribution < 1.29 is 14.3 Å². The molecule has 1 aromatic heterocycles. The monoisotopic (exact) mass is 381 g/mol. The average molecular weight is 381 g/mol. The summed E-state index contributed by atoms with van der Waals surface area (Å²) >= 11 is 0. The number of amides is 1. The van der Waals surface area contributed by atoms with E-state index in [0.29, 0.717) is 11.6 Å². The van der Waals surface area contributed by atoms with Crippen LogP contribution in [-0.2, 0) is 5.54 Å². The highest BCUT2D eigenvalue weighted by Crippen LogP contribution is 2.43. The Kier molecular flexibility index (Phi) is 3.93. The number of hydrogen-bond donors (Lipinski definition) is 0. The first-order valence-corrected chi connectivity index (χ1v) is 10.2. The van der Waals surface area contributed by atoms with Gasteiger partial charge in [0.15, 0.2) is 17.2 Å². The van der Waals surface area contributed by atoms with Crippen molar-refractivity contribution in [3.63, 3.8) is 0 Å². The van der Waals surface area contributed by atoms with Crippen molar-refractivity contribution in [2.45, 2.75) is 64.0 Å². The second-order valence-electron chi connectivity index (χ2n) is 9.08. The number of nitrogens with zero attached hydrogens (tertiary/aromatic N) is 3. The van der Waals surface area contributed by atoms with Gasteiger partial charge in [-0.1, -0.05) is 6.07 Å². The smallest absolute Gasteiger partial charge is 0.274 e. The third kappa shape index (κ3) is 2.95. The van der Waals surface area contributed by atoms with Crippen LogP contribution in [0.5, 0.6) is 11.5 Å². The van der Waals surface area contributed by atoms with Crippen molar-refractivity contribution in [1.82, 2.24) is 14.7 Å². The van der Waals surface area contributed by atoms with E-state index >= 15 is 0 Å². The molecule has 148 valence electrons. The third-order valence-corrected chi connectivity index (χ3v) is 5.88. The van der Waals surface area contributed by atoms with Crippen molar-refractivity contribution in [3.8, 4) is 11.5 Å².